The Hall–Kier alpha value is -0.870. The third-order valence-corrected chi connectivity index (χ3v) is 3.68. The number of carbonyl (C=O) groups is 1. The lowest BCUT2D eigenvalue weighted by atomic mass is 9.99. The maximum Gasteiger partial charge on any atom is 0.252 e. The molecule has 2 rings (SSSR count). The fourth-order valence-corrected chi connectivity index (χ4v) is 2.62. The van der Waals surface area contributed by atoms with Crippen LogP contribution in [0, 0.1) is 0 Å². The molecule has 18 heavy (non-hydrogen) atoms. The number of likely N-dealkylation sites (N-methyl/N-ethyl adjacent to an activating group) is 1. The Labute approximate surface area is 110 Å². The summed E-state index contributed by atoms with van der Waals surface area (Å²) in [5.74, 6) is 0.0809. The summed E-state index contributed by atoms with van der Waals surface area (Å²) in [6.45, 7) is 3.35. The Morgan fingerprint density at radius 2 is 2.33 bits per heavy atom. The minimum absolute atomic E-state index is 0.0809. The molecule has 1 heterocycles. The molecule has 0 spiro atoms. The summed E-state index contributed by atoms with van der Waals surface area (Å²) in [7, 11) is 3.57. The molecule has 1 aliphatic carbocycles. The second kappa shape index (κ2) is 6.34. The van der Waals surface area contributed by atoms with Gasteiger partial charge in [0.2, 0.25) is 0 Å². The summed E-state index contributed by atoms with van der Waals surface area (Å²) in [6, 6.07) is 0. The molecule has 0 aromatic heterocycles. The molecule has 2 aliphatic rings. The Bertz CT molecular complexity index is 326. The Kier molecular flexibility index (Phi) is 4.78. The molecule has 0 N–H and O–H groups in total. The molecule has 1 aliphatic heterocycles. The first-order chi connectivity index (χ1) is 8.66. The molecule has 1 amide bonds. The van der Waals surface area contributed by atoms with Crippen LogP contribution >= 0.6 is 0 Å². The Morgan fingerprint density at radius 1 is 1.50 bits per heavy atom. The molecule has 4 heteroatoms. The van der Waals surface area contributed by atoms with Gasteiger partial charge in [0.1, 0.15) is 6.10 Å². The van der Waals surface area contributed by atoms with Crippen LogP contribution in [0.1, 0.15) is 25.7 Å². The van der Waals surface area contributed by atoms with Gasteiger partial charge in [0.25, 0.3) is 5.91 Å². The molecule has 1 atom stereocenters. The number of morpholine rings is 1. The first-order valence-electron chi connectivity index (χ1n) is 6.90. The number of carbonyl (C=O) groups excluding carboxylic acids is 1. The van der Waals surface area contributed by atoms with Crippen molar-refractivity contribution < 1.29 is 9.53 Å². The Balaban J connectivity index is 1.86. The quantitative estimate of drug-likeness (QED) is 0.709. The number of ether oxygens (including phenoxy) is 1. The number of hydrogen-bond donors (Lipinski definition) is 0. The van der Waals surface area contributed by atoms with Crippen LogP contribution in [0.3, 0.4) is 0 Å². The Morgan fingerprint density at radius 3 is 3.00 bits per heavy atom. The average molecular weight is 252 g/mol. The van der Waals surface area contributed by atoms with E-state index in [9.17, 15) is 4.79 Å². The van der Waals surface area contributed by atoms with E-state index in [4.69, 9.17) is 4.74 Å². The highest BCUT2D eigenvalue weighted by atomic mass is 16.5. The van der Waals surface area contributed by atoms with Crippen molar-refractivity contribution in [2.24, 2.45) is 0 Å². The van der Waals surface area contributed by atoms with Gasteiger partial charge in [-0.05, 0) is 25.7 Å². The lowest BCUT2D eigenvalue weighted by Crippen LogP contribution is -2.49. The number of amides is 1. The van der Waals surface area contributed by atoms with Crippen LogP contribution in [0.15, 0.2) is 11.6 Å². The maximum absolute atomic E-state index is 11.9. The van der Waals surface area contributed by atoms with Gasteiger partial charge in [-0.25, -0.2) is 0 Å². The third-order valence-electron chi connectivity index (χ3n) is 3.68. The van der Waals surface area contributed by atoms with Crippen molar-refractivity contribution in [3.63, 3.8) is 0 Å². The van der Waals surface area contributed by atoms with Gasteiger partial charge in [-0.1, -0.05) is 11.6 Å². The average Bonchev–Trinajstić information content (AvgIpc) is 2.39. The highest BCUT2D eigenvalue weighted by molar-refractivity contribution is 5.80. The van der Waals surface area contributed by atoms with E-state index in [1.165, 1.54) is 25.7 Å². The first-order valence-corrected chi connectivity index (χ1v) is 6.90. The van der Waals surface area contributed by atoms with E-state index in [1.807, 2.05) is 0 Å². The molecule has 0 bridgehead atoms. The van der Waals surface area contributed by atoms with Crippen molar-refractivity contribution in [3.8, 4) is 0 Å². The van der Waals surface area contributed by atoms with Crippen LogP contribution in [-0.4, -0.2) is 62.1 Å². The van der Waals surface area contributed by atoms with Crippen LogP contribution in [-0.2, 0) is 9.53 Å². The normalized spacial score (nSPS) is 25.7. The fraction of sp³-hybridized carbons (Fsp3) is 0.786. The minimum atomic E-state index is -0.280. The van der Waals surface area contributed by atoms with Gasteiger partial charge in [-0.15, -0.1) is 0 Å². The molecule has 0 unspecified atom stereocenters. The van der Waals surface area contributed by atoms with Crippen molar-refractivity contribution >= 4 is 5.91 Å². The molecule has 102 valence electrons. The van der Waals surface area contributed by atoms with Gasteiger partial charge in [0.15, 0.2) is 0 Å². The highest BCUT2D eigenvalue weighted by Crippen LogP contribution is 2.19. The van der Waals surface area contributed by atoms with E-state index < -0.39 is 0 Å². The van der Waals surface area contributed by atoms with Gasteiger partial charge in [0.05, 0.1) is 6.61 Å². The maximum atomic E-state index is 11.9. The lowest BCUT2D eigenvalue weighted by Gasteiger charge is -2.34. The number of nitrogens with zero attached hydrogens (tertiary/aromatic N) is 2. The first kappa shape index (κ1) is 13.6. The summed E-state index contributed by atoms with van der Waals surface area (Å²) < 4.78 is 5.57. The second-order valence-electron chi connectivity index (χ2n) is 5.44. The second-order valence-corrected chi connectivity index (χ2v) is 5.44. The fourth-order valence-electron chi connectivity index (χ4n) is 2.62. The molecule has 1 saturated heterocycles. The van der Waals surface area contributed by atoms with Crippen LogP contribution in [0.4, 0.5) is 0 Å². The van der Waals surface area contributed by atoms with Crippen LogP contribution < -0.4 is 0 Å². The minimum Gasteiger partial charge on any atom is -0.366 e. The van der Waals surface area contributed by atoms with Crippen molar-refractivity contribution in [2.45, 2.75) is 31.8 Å². The smallest absolute Gasteiger partial charge is 0.252 e. The van der Waals surface area contributed by atoms with Gasteiger partial charge < -0.3 is 9.64 Å². The largest absolute Gasteiger partial charge is 0.366 e. The number of allylic oxidation sites excluding steroid dienone is 1. The lowest BCUT2D eigenvalue weighted by molar-refractivity contribution is -0.146. The summed E-state index contributed by atoms with van der Waals surface area (Å²) in [6.07, 6.45) is 7.19. The molecule has 0 radical (unpaired) electrons. The molecular weight excluding hydrogens is 228 g/mol. The van der Waals surface area contributed by atoms with E-state index in [1.54, 1.807) is 24.6 Å². The van der Waals surface area contributed by atoms with Crippen LogP contribution in [0.25, 0.3) is 0 Å². The number of hydrogen-bond acceptors (Lipinski definition) is 3. The topological polar surface area (TPSA) is 32.8 Å². The van der Waals surface area contributed by atoms with Gasteiger partial charge >= 0.3 is 0 Å². The summed E-state index contributed by atoms with van der Waals surface area (Å²) >= 11 is 0. The monoisotopic (exact) mass is 252 g/mol. The molecular formula is C14H24N2O2. The van der Waals surface area contributed by atoms with Gasteiger partial charge in [-0.2, -0.15) is 0 Å². The van der Waals surface area contributed by atoms with E-state index in [-0.39, 0.29) is 12.0 Å². The van der Waals surface area contributed by atoms with Crippen molar-refractivity contribution in [1.82, 2.24) is 9.80 Å². The van der Waals surface area contributed by atoms with Crippen molar-refractivity contribution in [1.29, 1.82) is 0 Å². The SMILES string of the molecule is CN(C)C(=O)[C@H]1CN(CC2=CCCCC2)CCO1. The highest BCUT2D eigenvalue weighted by Gasteiger charge is 2.27. The molecule has 4 nitrogen and oxygen atoms in total. The predicted octanol–water partition coefficient (Wildman–Crippen LogP) is 1.28. The zero-order valence-electron chi connectivity index (χ0n) is 11.5. The molecule has 1 fully saturated rings. The van der Waals surface area contributed by atoms with Gasteiger partial charge in [0, 0.05) is 33.7 Å². The summed E-state index contributed by atoms with van der Waals surface area (Å²) in [5.41, 5.74) is 1.54. The zero-order valence-corrected chi connectivity index (χ0v) is 11.5. The summed E-state index contributed by atoms with van der Waals surface area (Å²) in [5, 5.41) is 0. The standard InChI is InChI=1S/C14H24N2O2/c1-15(2)14(17)13-11-16(8-9-18-13)10-12-6-4-3-5-7-12/h6,13H,3-5,7-11H2,1-2H3/t13-/m1/s1. The molecule has 0 saturated carbocycles. The van der Waals surface area contributed by atoms with E-state index in [0.29, 0.717) is 6.61 Å². The van der Waals surface area contributed by atoms with E-state index >= 15 is 0 Å². The number of rotatable bonds is 3. The van der Waals surface area contributed by atoms with E-state index in [2.05, 4.69) is 11.0 Å². The van der Waals surface area contributed by atoms with Crippen LogP contribution in [0.2, 0.25) is 0 Å². The van der Waals surface area contributed by atoms with Crippen LogP contribution in [0.5, 0.6) is 0 Å². The van der Waals surface area contributed by atoms with Crippen molar-refractivity contribution in [3.05, 3.63) is 11.6 Å². The van der Waals surface area contributed by atoms with E-state index in [0.717, 1.165) is 19.6 Å². The predicted molar refractivity (Wildman–Crippen MR) is 71.4 cm³/mol. The third kappa shape index (κ3) is 3.56. The molecule has 0 aromatic rings. The van der Waals surface area contributed by atoms with Crippen molar-refractivity contribution in [2.75, 3.05) is 40.3 Å². The van der Waals surface area contributed by atoms with Gasteiger partial charge in [-0.3, -0.25) is 9.69 Å². The summed E-state index contributed by atoms with van der Waals surface area (Å²) in [4.78, 5) is 15.9. The zero-order chi connectivity index (χ0) is 13.0. The molecule has 0 aromatic carbocycles.